The molecule has 3 aliphatic heterocycles. The first-order chi connectivity index (χ1) is 16.9. The predicted octanol–water partition coefficient (Wildman–Crippen LogP) is 3.60. The maximum Gasteiger partial charge on any atom is 0.251 e. The van der Waals surface area contributed by atoms with Gasteiger partial charge in [0.1, 0.15) is 11.6 Å². The van der Waals surface area contributed by atoms with E-state index in [1.807, 2.05) is 17.0 Å². The van der Waals surface area contributed by atoms with Crippen LogP contribution < -0.4 is 20.3 Å². The molecule has 0 saturated carbocycles. The molecule has 1 unspecified atom stereocenters. The van der Waals surface area contributed by atoms with Crippen LogP contribution in [-0.4, -0.2) is 73.3 Å². The van der Waals surface area contributed by atoms with Crippen LogP contribution in [-0.2, 0) is 0 Å². The molecule has 7 nitrogen and oxygen atoms in total. The van der Waals surface area contributed by atoms with Gasteiger partial charge in [-0.2, -0.15) is 4.98 Å². The molecule has 9 heteroatoms. The van der Waals surface area contributed by atoms with Crippen LogP contribution in [0, 0.1) is 11.8 Å². The van der Waals surface area contributed by atoms with Crippen molar-refractivity contribution in [2.45, 2.75) is 57.0 Å². The van der Waals surface area contributed by atoms with Crippen molar-refractivity contribution in [1.82, 2.24) is 14.9 Å². The van der Waals surface area contributed by atoms with Gasteiger partial charge in [0.2, 0.25) is 5.95 Å². The van der Waals surface area contributed by atoms with Crippen LogP contribution in [0.5, 0.6) is 5.75 Å². The summed E-state index contributed by atoms with van der Waals surface area (Å²) in [5, 5.41) is 0.843. The number of halogens is 2. The number of anilines is 2. The Labute approximate surface area is 205 Å². The number of rotatable bonds is 4. The van der Waals surface area contributed by atoms with E-state index in [-0.39, 0.29) is 32.1 Å². The van der Waals surface area contributed by atoms with Crippen molar-refractivity contribution in [2.75, 3.05) is 56.2 Å². The Morgan fingerprint density at radius 2 is 1.80 bits per heavy atom. The topological polar surface area (TPSA) is 70.8 Å². The van der Waals surface area contributed by atoms with Gasteiger partial charge < -0.3 is 20.3 Å². The van der Waals surface area contributed by atoms with Gasteiger partial charge in [-0.05, 0) is 57.3 Å². The third-order valence-electron chi connectivity index (χ3n) is 7.31. The lowest BCUT2D eigenvalue weighted by atomic mass is 10.1. The number of aromatic nitrogens is 2. The third kappa shape index (κ3) is 5.29. The summed E-state index contributed by atoms with van der Waals surface area (Å²) in [4.78, 5) is 16.0. The molecule has 188 valence electrons. The fourth-order valence-electron chi connectivity index (χ4n) is 5.20. The lowest BCUT2D eigenvalue weighted by Gasteiger charge is -2.36. The number of hydrogen-bond acceptors (Lipinski definition) is 7. The van der Waals surface area contributed by atoms with Gasteiger partial charge in [0.15, 0.2) is 0 Å². The van der Waals surface area contributed by atoms with Gasteiger partial charge in [0.25, 0.3) is 5.92 Å². The van der Waals surface area contributed by atoms with Gasteiger partial charge in [-0.1, -0.05) is 11.8 Å². The summed E-state index contributed by atoms with van der Waals surface area (Å²) < 4.78 is 33.3. The molecule has 3 aliphatic rings. The normalized spacial score (nSPS) is 22.8. The first-order valence-corrected chi connectivity index (χ1v) is 12.7. The molecule has 4 heterocycles. The first-order valence-electron chi connectivity index (χ1n) is 12.7. The number of likely N-dealkylation sites (tertiary alicyclic amines) is 1. The third-order valence-corrected chi connectivity index (χ3v) is 7.31. The molecule has 1 aromatic carbocycles. The van der Waals surface area contributed by atoms with Crippen molar-refractivity contribution < 1.29 is 13.5 Å². The quantitative estimate of drug-likeness (QED) is 0.665. The Morgan fingerprint density at radius 3 is 2.51 bits per heavy atom. The highest BCUT2D eigenvalue weighted by Gasteiger charge is 2.35. The number of fused-ring (bicyclic) bond motifs is 1. The highest BCUT2D eigenvalue weighted by Crippen LogP contribution is 2.36. The molecular formula is C26H34F2N6O. The second-order valence-corrected chi connectivity index (χ2v) is 9.80. The van der Waals surface area contributed by atoms with Crippen molar-refractivity contribution in [1.29, 1.82) is 0 Å². The van der Waals surface area contributed by atoms with E-state index >= 15 is 0 Å². The number of nitrogens with two attached hydrogens (primary N) is 1. The molecular weight excluding hydrogens is 450 g/mol. The zero-order chi connectivity index (χ0) is 24.4. The highest BCUT2D eigenvalue weighted by molar-refractivity contribution is 5.93. The fourth-order valence-corrected chi connectivity index (χ4v) is 5.20. The summed E-state index contributed by atoms with van der Waals surface area (Å²) in [5.74, 6) is 5.82. The maximum atomic E-state index is 13.8. The van der Waals surface area contributed by atoms with E-state index in [4.69, 9.17) is 20.4 Å². The minimum Gasteiger partial charge on any atom is -0.495 e. The van der Waals surface area contributed by atoms with Gasteiger partial charge in [0.05, 0.1) is 30.9 Å². The Hall–Kier alpha value is -2.70. The number of alkyl halides is 2. The lowest BCUT2D eigenvalue weighted by Crippen LogP contribution is -2.46. The molecule has 3 fully saturated rings. The van der Waals surface area contributed by atoms with Gasteiger partial charge in [-0.3, -0.25) is 4.90 Å². The van der Waals surface area contributed by atoms with Crippen molar-refractivity contribution in [3.8, 4) is 17.6 Å². The van der Waals surface area contributed by atoms with Crippen LogP contribution in [0.2, 0.25) is 0 Å². The summed E-state index contributed by atoms with van der Waals surface area (Å²) in [6.45, 7) is 4.16. The van der Waals surface area contributed by atoms with Crippen molar-refractivity contribution in [3.05, 3.63) is 17.7 Å². The molecule has 0 spiro atoms. The maximum absolute atomic E-state index is 13.8. The Bertz CT molecular complexity index is 1110. The van der Waals surface area contributed by atoms with Crippen molar-refractivity contribution in [2.24, 2.45) is 5.73 Å². The van der Waals surface area contributed by atoms with Crippen LogP contribution in [0.1, 0.15) is 50.5 Å². The number of ether oxygens (including phenoxy) is 1. The summed E-state index contributed by atoms with van der Waals surface area (Å²) in [6, 6.07) is 3.88. The van der Waals surface area contributed by atoms with Crippen LogP contribution in [0.4, 0.5) is 20.5 Å². The van der Waals surface area contributed by atoms with E-state index < -0.39 is 5.92 Å². The summed E-state index contributed by atoms with van der Waals surface area (Å²) >= 11 is 0. The molecule has 5 rings (SSSR count). The number of hydrogen-bond donors (Lipinski definition) is 1. The zero-order valence-corrected chi connectivity index (χ0v) is 20.4. The monoisotopic (exact) mass is 484 g/mol. The van der Waals surface area contributed by atoms with Crippen LogP contribution in [0.15, 0.2) is 12.1 Å². The fraction of sp³-hybridized carbons (Fsp3) is 0.615. The molecule has 2 aromatic rings. The van der Waals surface area contributed by atoms with E-state index in [1.165, 1.54) is 12.8 Å². The molecule has 1 atom stereocenters. The van der Waals surface area contributed by atoms with Gasteiger partial charge >= 0.3 is 0 Å². The summed E-state index contributed by atoms with van der Waals surface area (Å²) in [6.07, 6.45) is 4.91. The van der Waals surface area contributed by atoms with E-state index in [1.54, 1.807) is 7.11 Å². The molecule has 0 radical (unpaired) electrons. The molecule has 0 bridgehead atoms. The molecule has 35 heavy (non-hydrogen) atoms. The largest absolute Gasteiger partial charge is 0.495 e. The summed E-state index contributed by atoms with van der Waals surface area (Å²) in [7, 11) is 1.64. The molecule has 0 aliphatic carbocycles. The van der Waals surface area contributed by atoms with Gasteiger partial charge in [0, 0.05) is 37.9 Å². The minimum absolute atomic E-state index is 0.147. The second kappa shape index (κ2) is 10.1. The zero-order valence-electron chi connectivity index (χ0n) is 20.4. The second-order valence-electron chi connectivity index (χ2n) is 9.80. The van der Waals surface area contributed by atoms with Gasteiger partial charge in [-0.15, -0.1) is 0 Å². The minimum atomic E-state index is -2.63. The Morgan fingerprint density at radius 1 is 1.06 bits per heavy atom. The van der Waals surface area contributed by atoms with Crippen molar-refractivity contribution in [3.63, 3.8) is 0 Å². The van der Waals surface area contributed by atoms with Crippen LogP contribution >= 0.6 is 0 Å². The van der Waals surface area contributed by atoms with Crippen LogP contribution in [0.25, 0.3) is 10.9 Å². The average molecular weight is 485 g/mol. The molecule has 2 N–H and O–H groups in total. The summed E-state index contributed by atoms with van der Waals surface area (Å²) in [5.41, 5.74) is 7.98. The van der Waals surface area contributed by atoms with E-state index in [2.05, 4.69) is 21.6 Å². The number of benzene rings is 1. The van der Waals surface area contributed by atoms with E-state index in [0.717, 1.165) is 67.7 Å². The van der Waals surface area contributed by atoms with E-state index in [0.29, 0.717) is 11.7 Å². The molecule has 0 amide bonds. The lowest BCUT2D eigenvalue weighted by molar-refractivity contribution is -0.0222. The molecule has 3 saturated heterocycles. The number of piperidine rings is 2. The number of methoxy groups -OCH3 is 1. The van der Waals surface area contributed by atoms with E-state index in [9.17, 15) is 8.78 Å². The Kier molecular flexibility index (Phi) is 6.94. The first kappa shape index (κ1) is 24.0. The SMILES string of the molecule is COc1cc2c(N3CCCCC3N)nc(N3CCC(F)(F)CC3)nc2cc1C#CCN1CCCC1. The smallest absolute Gasteiger partial charge is 0.251 e. The molecule has 1 aromatic heterocycles. The van der Waals surface area contributed by atoms with Gasteiger partial charge in [-0.25, -0.2) is 13.8 Å². The highest BCUT2D eigenvalue weighted by atomic mass is 19.3. The van der Waals surface area contributed by atoms with Crippen molar-refractivity contribution >= 4 is 22.7 Å². The number of nitrogens with zero attached hydrogens (tertiary/aromatic N) is 5. The predicted molar refractivity (Wildman–Crippen MR) is 134 cm³/mol. The van der Waals surface area contributed by atoms with Crippen LogP contribution in [0.3, 0.4) is 0 Å². The standard InChI is InChI=1S/C26H34F2N6O/c1-35-22-18-20-21(17-19(22)7-6-13-32-11-4-5-12-32)30-25(33-15-9-26(27,28)10-16-33)31-24(20)34-14-3-2-8-23(34)29/h17-18,23H,2-5,8-16,29H2,1H3. The average Bonchev–Trinajstić information content (AvgIpc) is 3.37. The Balaban J connectivity index is 1.55.